The van der Waals surface area contributed by atoms with Crippen LogP contribution in [0.2, 0.25) is 5.15 Å². The van der Waals surface area contributed by atoms with Crippen LogP contribution < -0.4 is 5.32 Å². The zero-order valence-electron chi connectivity index (χ0n) is 11.8. The minimum absolute atomic E-state index is 0.00388. The Morgan fingerprint density at radius 2 is 2.43 bits per heavy atom. The molecule has 2 heterocycles. The standard InChI is InChI=1S/C14H17ClN4O2/c1-19-7-6-16-14(19)13(9-2-3-9)17-12(20)5-4-10-8-11(15)18-21-10/h6-9,13H,2-5H2,1H3,(H,17,20). The number of carbonyl (C=O) groups excluding carboxylic acids is 1. The van der Waals surface area contributed by atoms with Crippen LogP contribution in [-0.4, -0.2) is 20.6 Å². The lowest BCUT2D eigenvalue weighted by Crippen LogP contribution is -2.31. The first kappa shape index (κ1) is 14.1. The summed E-state index contributed by atoms with van der Waals surface area (Å²) in [6.45, 7) is 0. The number of rotatable bonds is 6. The highest BCUT2D eigenvalue weighted by Gasteiger charge is 2.35. The van der Waals surface area contributed by atoms with Gasteiger partial charge >= 0.3 is 0 Å². The lowest BCUT2D eigenvalue weighted by molar-refractivity contribution is -0.122. The van der Waals surface area contributed by atoms with E-state index in [4.69, 9.17) is 16.1 Å². The summed E-state index contributed by atoms with van der Waals surface area (Å²) in [6.07, 6.45) is 6.76. The van der Waals surface area contributed by atoms with Crippen LogP contribution in [0.1, 0.15) is 36.9 Å². The molecule has 112 valence electrons. The largest absolute Gasteiger partial charge is 0.360 e. The Morgan fingerprint density at radius 1 is 1.62 bits per heavy atom. The molecule has 0 saturated heterocycles. The minimum Gasteiger partial charge on any atom is -0.360 e. The fourth-order valence-corrected chi connectivity index (χ4v) is 2.54. The summed E-state index contributed by atoms with van der Waals surface area (Å²) in [7, 11) is 1.94. The molecule has 0 bridgehead atoms. The van der Waals surface area contributed by atoms with Crippen molar-refractivity contribution in [3.05, 3.63) is 35.2 Å². The molecule has 3 rings (SSSR count). The number of halogens is 1. The van der Waals surface area contributed by atoms with E-state index in [1.807, 2.05) is 17.8 Å². The summed E-state index contributed by atoms with van der Waals surface area (Å²) in [5.74, 6) is 2.01. The zero-order valence-corrected chi connectivity index (χ0v) is 12.5. The van der Waals surface area contributed by atoms with Gasteiger partial charge in [-0.2, -0.15) is 0 Å². The third-order valence-corrected chi connectivity index (χ3v) is 3.85. The lowest BCUT2D eigenvalue weighted by Gasteiger charge is -2.17. The van der Waals surface area contributed by atoms with Crippen LogP contribution in [0, 0.1) is 5.92 Å². The van der Waals surface area contributed by atoms with Gasteiger partial charge in [0.2, 0.25) is 5.91 Å². The highest BCUT2D eigenvalue weighted by Crippen LogP contribution is 2.40. The summed E-state index contributed by atoms with van der Waals surface area (Å²) >= 11 is 5.68. The summed E-state index contributed by atoms with van der Waals surface area (Å²) in [4.78, 5) is 16.5. The molecule has 1 amide bonds. The minimum atomic E-state index is -0.0116. The number of hydrogen-bond acceptors (Lipinski definition) is 4. The van der Waals surface area contributed by atoms with Gasteiger partial charge in [-0.25, -0.2) is 4.98 Å². The van der Waals surface area contributed by atoms with E-state index in [1.165, 1.54) is 0 Å². The lowest BCUT2D eigenvalue weighted by atomic mass is 10.1. The first-order valence-corrected chi connectivity index (χ1v) is 7.39. The zero-order chi connectivity index (χ0) is 14.8. The maximum Gasteiger partial charge on any atom is 0.221 e. The van der Waals surface area contributed by atoms with Gasteiger partial charge in [-0.3, -0.25) is 4.79 Å². The predicted molar refractivity (Wildman–Crippen MR) is 76.6 cm³/mol. The fourth-order valence-electron chi connectivity index (χ4n) is 2.39. The maximum atomic E-state index is 12.1. The normalized spacial score (nSPS) is 15.9. The van der Waals surface area contributed by atoms with E-state index < -0.39 is 0 Å². The van der Waals surface area contributed by atoms with Gasteiger partial charge in [0.15, 0.2) is 5.15 Å². The molecule has 0 aliphatic heterocycles. The van der Waals surface area contributed by atoms with Gasteiger partial charge in [0.25, 0.3) is 0 Å². The molecule has 7 heteroatoms. The molecule has 2 aromatic heterocycles. The van der Waals surface area contributed by atoms with Crippen molar-refractivity contribution < 1.29 is 9.32 Å². The van der Waals surface area contributed by atoms with Crippen LogP contribution in [0.15, 0.2) is 23.0 Å². The van der Waals surface area contributed by atoms with Gasteiger partial charge in [0.05, 0.1) is 6.04 Å². The summed E-state index contributed by atoms with van der Waals surface area (Å²) < 4.78 is 6.95. The quantitative estimate of drug-likeness (QED) is 0.888. The van der Waals surface area contributed by atoms with Crippen LogP contribution in [0.5, 0.6) is 0 Å². The fraction of sp³-hybridized carbons (Fsp3) is 0.500. The second-order valence-corrected chi connectivity index (χ2v) is 5.78. The van der Waals surface area contributed by atoms with E-state index in [1.54, 1.807) is 12.3 Å². The highest BCUT2D eigenvalue weighted by atomic mass is 35.5. The first-order chi connectivity index (χ1) is 10.1. The van der Waals surface area contributed by atoms with Crippen molar-refractivity contribution in [2.75, 3.05) is 0 Å². The van der Waals surface area contributed by atoms with Crippen molar-refractivity contribution in [3.8, 4) is 0 Å². The Hall–Kier alpha value is -1.82. The van der Waals surface area contributed by atoms with Gasteiger partial charge in [-0.1, -0.05) is 16.8 Å². The van der Waals surface area contributed by atoms with Crippen molar-refractivity contribution in [2.45, 2.75) is 31.7 Å². The van der Waals surface area contributed by atoms with Crippen molar-refractivity contribution in [1.82, 2.24) is 20.0 Å². The molecule has 0 spiro atoms. The third-order valence-electron chi connectivity index (χ3n) is 3.68. The van der Waals surface area contributed by atoms with E-state index in [0.29, 0.717) is 29.7 Å². The van der Waals surface area contributed by atoms with Gasteiger partial charge in [0, 0.05) is 38.3 Å². The van der Waals surface area contributed by atoms with E-state index >= 15 is 0 Å². The van der Waals surface area contributed by atoms with E-state index in [2.05, 4.69) is 15.5 Å². The second-order valence-electron chi connectivity index (χ2n) is 5.39. The molecule has 1 aliphatic rings. The molecule has 21 heavy (non-hydrogen) atoms. The number of carbonyl (C=O) groups is 1. The molecule has 1 N–H and O–H groups in total. The Morgan fingerprint density at radius 3 is 3.00 bits per heavy atom. The van der Waals surface area contributed by atoms with E-state index in [0.717, 1.165) is 18.7 Å². The van der Waals surface area contributed by atoms with Gasteiger partial charge in [-0.05, 0) is 18.8 Å². The predicted octanol–water partition coefficient (Wildman–Crippen LogP) is 2.26. The average Bonchev–Trinajstić information content (AvgIpc) is 3.08. The van der Waals surface area contributed by atoms with Crippen molar-refractivity contribution >= 4 is 17.5 Å². The van der Waals surface area contributed by atoms with Crippen LogP contribution in [0.25, 0.3) is 0 Å². The Kier molecular flexibility index (Phi) is 3.96. The monoisotopic (exact) mass is 308 g/mol. The number of aromatic nitrogens is 3. The molecule has 2 aromatic rings. The van der Waals surface area contributed by atoms with Gasteiger partial charge in [0.1, 0.15) is 11.6 Å². The third kappa shape index (κ3) is 3.44. The molecule has 0 aromatic carbocycles. The number of aryl methyl sites for hydroxylation is 2. The number of imidazole rings is 1. The van der Waals surface area contributed by atoms with Gasteiger partial charge < -0.3 is 14.4 Å². The summed E-state index contributed by atoms with van der Waals surface area (Å²) in [5, 5.41) is 6.99. The Bertz CT molecular complexity index is 632. The Balaban J connectivity index is 1.58. The van der Waals surface area contributed by atoms with Crippen molar-refractivity contribution in [1.29, 1.82) is 0 Å². The van der Waals surface area contributed by atoms with Crippen LogP contribution >= 0.6 is 11.6 Å². The number of nitrogens with zero attached hydrogens (tertiary/aromatic N) is 3. The molecule has 0 radical (unpaired) electrons. The average molecular weight is 309 g/mol. The van der Waals surface area contributed by atoms with E-state index in [9.17, 15) is 4.79 Å². The van der Waals surface area contributed by atoms with Crippen molar-refractivity contribution in [3.63, 3.8) is 0 Å². The van der Waals surface area contributed by atoms with Crippen LogP contribution in [-0.2, 0) is 18.3 Å². The molecule has 1 unspecified atom stereocenters. The number of amides is 1. The SMILES string of the molecule is Cn1ccnc1C(NC(=O)CCc1cc(Cl)no1)C1CC1. The van der Waals surface area contributed by atoms with Crippen LogP contribution in [0.4, 0.5) is 0 Å². The Labute approximate surface area is 127 Å². The van der Waals surface area contributed by atoms with Crippen LogP contribution in [0.3, 0.4) is 0 Å². The van der Waals surface area contributed by atoms with Gasteiger partial charge in [-0.15, -0.1) is 0 Å². The molecule has 1 saturated carbocycles. The first-order valence-electron chi connectivity index (χ1n) is 7.01. The number of hydrogen-bond donors (Lipinski definition) is 1. The second kappa shape index (κ2) is 5.89. The smallest absolute Gasteiger partial charge is 0.221 e. The topological polar surface area (TPSA) is 73.0 Å². The van der Waals surface area contributed by atoms with E-state index in [-0.39, 0.29) is 11.9 Å². The summed E-state index contributed by atoms with van der Waals surface area (Å²) in [6, 6.07) is 1.63. The van der Waals surface area contributed by atoms with Crippen molar-refractivity contribution in [2.24, 2.45) is 13.0 Å². The number of nitrogens with one attached hydrogen (secondary N) is 1. The summed E-state index contributed by atoms with van der Waals surface area (Å²) in [5.41, 5.74) is 0. The molecule has 1 atom stereocenters. The highest BCUT2D eigenvalue weighted by molar-refractivity contribution is 6.29. The molecule has 1 fully saturated rings. The molecule has 6 nitrogen and oxygen atoms in total. The molecular weight excluding hydrogens is 292 g/mol. The molecular formula is C14H17ClN4O2. The maximum absolute atomic E-state index is 12.1. The molecule has 1 aliphatic carbocycles.